The predicted molar refractivity (Wildman–Crippen MR) is 108 cm³/mol. The number of aromatic nitrogens is 2. The number of aryl methyl sites for hydroxylation is 2. The van der Waals surface area contributed by atoms with Crippen molar-refractivity contribution in [1.82, 2.24) is 9.97 Å². The summed E-state index contributed by atoms with van der Waals surface area (Å²) in [5.74, 6) is 0.828. The number of carbonyl (C=O) groups is 1. The number of benzene rings is 1. The summed E-state index contributed by atoms with van der Waals surface area (Å²) in [6, 6.07) is 11.4. The van der Waals surface area contributed by atoms with Crippen molar-refractivity contribution in [3.05, 3.63) is 60.0 Å². The number of ether oxygens (including phenoxy) is 1. The van der Waals surface area contributed by atoms with Crippen molar-refractivity contribution < 1.29 is 9.53 Å². The van der Waals surface area contributed by atoms with Crippen LogP contribution in [0.3, 0.4) is 0 Å². The molecule has 0 fully saturated rings. The Labute approximate surface area is 159 Å². The smallest absolute Gasteiger partial charge is 0.142 e. The summed E-state index contributed by atoms with van der Waals surface area (Å²) >= 11 is 0. The molecule has 140 valence electrons. The Kier molecular flexibility index (Phi) is 5.40. The molecule has 2 N–H and O–H groups in total. The van der Waals surface area contributed by atoms with Gasteiger partial charge < -0.3 is 10.5 Å². The molecule has 27 heavy (non-hydrogen) atoms. The van der Waals surface area contributed by atoms with Gasteiger partial charge in [-0.05, 0) is 63.1 Å². The van der Waals surface area contributed by atoms with Crippen LogP contribution < -0.4 is 10.5 Å². The highest BCUT2D eigenvalue weighted by Gasteiger charge is 2.28. The lowest BCUT2D eigenvalue weighted by atomic mass is 9.86. The summed E-state index contributed by atoms with van der Waals surface area (Å²) < 4.78 is 6.03. The Morgan fingerprint density at radius 3 is 2.67 bits per heavy atom. The number of nitrogens with two attached hydrogens (primary N) is 1. The average molecular weight is 363 g/mol. The number of fused-ring (bicyclic) bond motifs is 1. The SMILES string of the molecule is Cc1cc(N)c2c(OCC(C)(C)C(=O)CCc3ccncc3)cccc2n1. The minimum atomic E-state index is -0.595. The number of nitrogen functional groups attached to an aromatic ring is 1. The number of carbonyl (C=O) groups excluding carboxylic acids is 1. The normalized spacial score (nSPS) is 11.5. The van der Waals surface area contributed by atoms with Crippen molar-refractivity contribution in [3.63, 3.8) is 0 Å². The maximum atomic E-state index is 12.7. The van der Waals surface area contributed by atoms with Crippen LogP contribution in [0.4, 0.5) is 5.69 Å². The number of nitrogens with zero attached hydrogens (tertiary/aromatic N) is 2. The van der Waals surface area contributed by atoms with E-state index < -0.39 is 5.41 Å². The lowest BCUT2D eigenvalue weighted by molar-refractivity contribution is -0.128. The highest BCUT2D eigenvalue weighted by molar-refractivity contribution is 5.95. The molecular formula is C22H25N3O2. The molecule has 5 heteroatoms. The van der Waals surface area contributed by atoms with Crippen LogP contribution in [0.1, 0.15) is 31.5 Å². The molecule has 0 unspecified atom stereocenters. The van der Waals surface area contributed by atoms with Crippen LogP contribution in [0, 0.1) is 12.3 Å². The minimum absolute atomic E-state index is 0.168. The fourth-order valence-corrected chi connectivity index (χ4v) is 3.03. The number of anilines is 1. The van der Waals surface area contributed by atoms with Crippen LogP contribution in [0.15, 0.2) is 48.8 Å². The number of rotatable bonds is 7. The first-order valence-corrected chi connectivity index (χ1v) is 9.08. The summed E-state index contributed by atoms with van der Waals surface area (Å²) in [5.41, 5.74) is 8.99. The Morgan fingerprint density at radius 1 is 1.19 bits per heavy atom. The van der Waals surface area contributed by atoms with Gasteiger partial charge >= 0.3 is 0 Å². The zero-order valence-electron chi connectivity index (χ0n) is 16.0. The summed E-state index contributed by atoms with van der Waals surface area (Å²) in [5, 5.41) is 0.795. The third-order valence-electron chi connectivity index (χ3n) is 4.69. The zero-order chi connectivity index (χ0) is 19.4. The second-order valence-corrected chi connectivity index (χ2v) is 7.45. The van der Waals surface area contributed by atoms with E-state index in [2.05, 4.69) is 9.97 Å². The topological polar surface area (TPSA) is 78.1 Å². The van der Waals surface area contributed by atoms with Gasteiger partial charge in [0.25, 0.3) is 0 Å². The van der Waals surface area contributed by atoms with E-state index in [0.717, 1.165) is 22.2 Å². The van der Waals surface area contributed by atoms with Crippen molar-refractivity contribution in [2.24, 2.45) is 5.41 Å². The number of hydrogen-bond donors (Lipinski definition) is 1. The molecular weight excluding hydrogens is 338 g/mol. The van der Waals surface area contributed by atoms with Crippen molar-refractivity contribution in [2.45, 2.75) is 33.6 Å². The zero-order valence-corrected chi connectivity index (χ0v) is 16.0. The maximum absolute atomic E-state index is 12.7. The summed E-state index contributed by atoms with van der Waals surface area (Å²) in [6.45, 7) is 6.03. The van der Waals surface area contributed by atoms with Crippen LogP contribution >= 0.6 is 0 Å². The van der Waals surface area contributed by atoms with Gasteiger partial charge in [0.05, 0.1) is 16.3 Å². The Morgan fingerprint density at radius 2 is 1.93 bits per heavy atom. The van der Waals surface area contributed by atoms with E-state index in [1.165, 1.54) is 0 Å². The van der Waals surface area contributed by atoms with Gasteiger partial charge in [-0.2, -0.15) is 0 Å². The molecule has 0 aliphatic heterocycles. The van der Waals surface area contributed by atoms with Gasteiger partial charge in [-0.25, -0.2) is 0 Å². The van der Waals surface area contributed by atoms with E-state index >= 15 is 0 Å². The van der Waals surface area contributed by atoms with Crippen LogP contribution in [-0.2, 0) is 11.2 Å². The molecule has 0 atom stereocenters. The van der Waals surface area contributed by atoms with Gasteiger partial charge in [-0.15, -0.1) is 0 Å². The second kappa shape index (κ2) is 7.74. The van der Waals surface area contributed by atoms with E-state index in [1.807, 2.05) is 57.2 Å². The van der Waals surface area contributed by atoms with Crippen LogP contribution in [0.25, 0.3) is 10.9 Å². The van der Waals surface area contributed by atoms with Crippen molar-refractivity contribution in [2.75, 3.05) is 12.3 Å². The first kappa shape index (κ1) is 18.8. The first-order chi connectivity index (χ1) is 12.9. The van der Waals surface area contributed by atoms with Gasteiger partial charge in [0.15, 0.2) is 0 Å². The fourth-order valence-electron chi connectivity index (χ4n) is 3.03. The van der Waals surface area contributed by atoms with Gasteiger partial charge in [0, 0.05) is 30.2 Å². The minimum Gasteiger partial charge on any atom is -0.492 e. The lowest BCUT2D eigenvalue weighted by Gasteiger charge is -2.24. The fraction of sp³-hybridized carbons (Fsp3) is 0.318. The number of Topliss-reactive ketones (excluding diaryl/α,β-unsaturated/α-hetero) is 1. The summed E-state index contributed by atoms with van der Waals surface area (Å²) in [7, 11) is 0. The van der Waals surface area contributed by atoms with Crippen LogP contribution in [0.2, 0.25) is 0 Å². The van der Waals surface area contributed by atoms with Crippen molar-refractivity contribution in [1.29, 1.82) is 0 Å². The molecule has 2 heterocycles. The number of ketones is 1. The van der Waals surface area contributed by atoms with Gasteiger partial charge in [-0.3, -0.25) is 14.8 Å². The average Bonchev–Trinajstić information content (AvgIpc) is 2.64. The Balaban J connectivity index is 1.70. The van der Waals surface area contributed by atoms with E-state index in [-0.39, 0.29) is 12.4 Å². The Hall–Kier alpha value is -2.95. The molecule has 0 spiro atoms. The maximum Gasteiger partial charge on any atom is 0.142 e. The summed E-state index contributed by atoms with van der Waals surface area (Å²) in [4.78, 5) is 21.2. The Bertz CT molecular complexity index is 952. The molecule has 2 aromatic heterocycles. The first-order valence-electron chi connectivity index (χ1n) is 9.08. The number of hydrogen-bond acceptors (Lipinski definition) is 5. The highest BCUT2D eigenvalue weighted by Crippen LogP contribution is 2.32. The molecule has 5 nitrogen and oxygen atoms in total. The van der Waals surface area contributed by atoms with Crippen molar-refractivity contribution >= 4 is 22.4 Å². The quantitative estimate of drug-likeness (QED) is 0.683. The van der Waals surface area contributed by atoms with Crippen molar-refractivity contribution in [3.8, 4) is 5.75 Å². The summed E-state index contributed by atoms with van der Waals surface area (Å²) in [6.07, 6.45) is 4.66. The van der Waals surface area contributed by atoms with E-state index in [9.17, 15) is 4.79 Å². The molecule has 0 saturated heterocycles. The van der Waals surface area contributed by atoms with Crippen LogP contribution in [-0.4, -0.2) is 22.4 Å². The molecule has 3 rings (SSSR count). The van der Waals surface area contributed by atoms with Gasteiger partial charge in [0.2, 0.25) is 0 Å². The molecule has 0 amide bonds. The molecule has 0 aliphatic rings. The van der Waals surface area contributed by atoms with E-state index in [4.69, 9.17) is 10.5 Å². The largest absolute Gasteiger partial charge is 0.492 e. The third-order valence-corrected chi connectivity index (χ3v) is 4.69. The van der Waals surface area contributed by atoms with E-state index in [0.29, 0.717) is 24.3 Å². The standard InChI is InChI=1S/C22H25N3O2/c1-15-13-17(23)21-18(25-15)5-4-6-19(21)27-14-22(2,3)20(26)8-7-16-9-11-24-12-10-16/h4-6,9-13H,7-8,14H2,1-3H3,(H2,23,25). The third kappa shape index (κ3) is 4.42. The predicted octanol–water partition coefficient (Wildman–Crippen LogP) is 4.13. The van der Waals surface area contributed by atoms with Crippen LogP contribution in [0.5, 0.6) is 5.75 Å². The van der Waals surface area contributed by atoms with E-state index in [1.54, 1.807) is 12.4 Å². The highest BCUT2D eigenvalue weighted by atomic mass is 16.5. The lowest BCUT2D eigenvalue weighted by Crippen LogP contribution is -2.31. The molecule has 0 radical (unpaired) electrons. The van der Waals surface area contributed by atoms with Gasteiger partial charge in [0.1, 0.15) is 18.1 Å². The molecule has 0 saturated carbocycles. The monoisotopic (exact) mass is 363 g/mol. The molecule has 1 aromatic carbocycles. The second-order valence-electron chi connectivity index (χ2n) is 7.45. The van der Waals surface area contributed by atoms with Gasteiger partial charge in [-0.1, -0.05) is 6.07 Å². The molecule has 0 bridgehead atoms. The molecule has 3 aromatic rings. The number of pyridine rings is 2. The molecule has 0 aliphatic carbocycles.